The maximum absolute atomic E-state index is 15.8. The molecule has 0 fully saturated rings. The zero-order valence-electron chi connectivity index (χ0n) is 38.8. The highest BCUT2D eigenvalue weighted by molar-refractivity contribution is 6.40. The van der Waals surface area contributed by atoms with Crippen LogP contribution in [0.5, 0.6) is 0 Å². The average molecular weight is 861 g/mol. The Morgan fingerprint density at radius 3 is 1.45 bits per heavy atom. The van der Waals surface area contributed by atoms with E-state index in [2.05, 4.69) is 37.7 Å². The van der Waals surface area contributed by atoms with Crippen molar-refractivity contribution >= 4 is 62.0 Å². The molecule has 1 aliphatic heterocycles. The van der Waals surface area contributed by atoms with Gasteiger partial charge in [0, 0.05) is 44.7 Å². The molecule has 0 radical (unpaired) electrons. The zero-order chi connectivity index (χ0) is 44.7. The fourth-order valence-electron chi connectivity index (χ4n) is 10.5. The highest BCUT2D eigenvalue weighted by atomic mass is 16.2. The van der Waals surface area contributed by atoms with Gasteiger partial charge in [-0.1, -0.05) is 198 Å². The monoisotopic (exact) mass is 861 g/mol. The molecular weight excluding hydrogens is 793 g/mol. The third kappa shape index (κ3) is 8.55. The molecule has 2 amide bonds. The molecule has 0 spiro atoms. The van der Waals surface area contributed by atoms with Crippen LogP contribution in [0.15, 0.2) is 65.5 Å². The van der Waals surface area contributed by atoms with Crippen LogP contribution >= 0.6 is 0 Å². The van der Waals surface area contributed by atoms with Crippen LogP contribution in [0, 0.1) is 0 Å². The predicted molar refractivity (Wildman–Crippen MR) is 265 cm³/mol. The van der Waals surface area contributed by atoms with E-state index in [1.54, 1.807) is 4.90 Å². The molecule has 2 N–H and O–H groups in total. The van der Waals surface area contributed by atoms with Gasteiger partial charge < -0.3 is 14.5 Å². The standard InChI is InChI=1S/C55H68N6O3/c1-6-10-14-24-32-39(33-25-15-11-7-2)60-36(5)41-42-43-45(48-47(41)56-51(57-48)37-28-20-18-21-29-37)54(63)61(40(34-26-16-12-8-3)35-27-17-13-9-4)55(64)46(43)50-49(44(42)53(60)62)58-52(59-50)38-30-22-19-23-31-38/h18-23,28-31,39-40H,5-17,24-27,32-35H2,1-4H3,(H,56,57)(H,58,59). The molecule has 9 heteroatoms. The van der Waals surface area contributed by atoms with Crippen molar-refractivity contribution in [1.29, 1.82) is 0 Å². The SMILES string of the molecule is C=c1c2c3nc(-c4ccccc4)[nH]c3c3c4c(c5nc(-c6ccccc6)[nH]c5c(c(=O)n1C(CCCCCC)CCCCCC)c42)C(=O)N(C(CCCCCC)CCCCCC)C3=O. The molecule has 0 saturated heterocycles. The van der Waals surface area contributed by atoms with Gasteiger partial charge in [-0.05, 0) is 25.7 Å². The molecule has 0 unspecified atom stereocenters. The van der Waals surface area contributed by atoms with Gasteiger partial charge in [0.05, 0.1) is 33.1 Å². The van der Waals surface area contributed by atoms with Crippen molar-refractivity contribution in [3.05, 3.63) is 87.5 Å². The van der Waals surface area contributed by atoms with Crippen LogP contribution < -0.4 is 10.9 Å². The smallest absolute Gasteiger partial charge is 0.263 e. The Labute approximate surface area is 378 Å². The van der Waals surface area contributed by atoms with E-state index in [1.807, 2.05) is 65.2 Å². The lowest BCUT2D eigenvalue weighted by atomic mass is 9.86. The topological polar surface area (TPSA) is 117 Å². The largest absolute Gasteiger partial charge is 0.337 e. The maximum Gasteiger partial charge on any atom is 0.263 e. The van der Waals surface area contributed by atoms with E-state index in [4.69, 9.17) is 16.5 Å². The van der Waals surface area contributed by atoms with E-state index in [-0.39, 0.29) is 29.5 Å². The number of imidazole rings is 2. The van der Waals surface area contributed by atoms with Crippen LogP contribution in [0.2, 0.25) is 0 Å². The van der Waals surface area contributed by atoms with Crippen molar-refractivity contribution in [2.75, 3.05) is 0 Å². The van der Waals surface area contributed by atoms with Crippen molar-refractivity contribution in [1.82, 2.24) is 29.4 Å². The summed E-state index contributed by atoms with van der Waals surface area (Å²) < 4.78 is 1.96. The van der Waals surface area contributed by atoms with Crippen molar-refractivity contribution in [2.24, 2.45) is 0 Å². The van der Waals surface area contributed by atoms with E-state index >= 15 is 14.4 Å². The third-order valence-electron chi connectivity index (χ3n) is 13.9. The molecule has 0 atom stereocenters. The second-order valence-corrected chi connectivity index (χ2v) is 18.4. The van der Waals surface area contributed by atoms with Gasteiger partial charge in [-0.3, -0.25) is 19.3 Å². The van der Waals surface area contributed by atoms with Gasteiger partial charge in [-0.2, -0.15) is 0 Å². The lowest BCUT2D eigenvalue weighted by Crippen LogP contribution is -2.47. The van der Waals surface area contributed by atoms with E-state index < -0.39 is 0 Å². The first-order chi connectivity index (χ1) is 31.3. The Kier molecular flexibility index (Phi) is 14.4. The Balaban J connectivity index is 1.47. The molecule has 336 valence electrons. The van der Waals surface area contributed by atoms with Crippen molar-refractivity contribution < 1.29 is 9.59 Å². The van der Waals surface area contributed by atoms with E-state index in [9.17, 15) is 0 Å². The lowest BCUT2D eigenvalue weighted by Gasteiger charge is -2.35. The summed E-state index contributed by atoms with van der Waals surface area (Å²) in [6.45, 7) is 13.6. The predicted octanol–water partition coefficient (Wildman–Crippen LogP) is 13.8. The van der Waals surface area contributed by atoms with Gasteiger partial charge in [0.2, 0.25) is 0 Å². The highest BCUT2D eigenvalue weighted by Crippen LogP contribution is 2.45. The molecule has 7 aromatic rings. The van der Waals surface area contributed by atoms with Gasteiger partial charge in [0.25, 0.3) is 17.4 Å². The normalized spacial score (nSPS) is 13.1. The van der Waals surface area contributed by atoms with E-state index in [0.717, 1.165) is 140 Å². The second-order valence-electron chi connectivity index (χ2n) is 18.4. The van der Waals surface area contributed by atoms with Gasteiger partial charge in [-0.15, -0.1) is 0 Å². The molecule has 1 aliphatic rings. The molecule has 0 saturated carbocycles. The van der Waals surface area contributed by atoms with Gasteiger partial charge in [0.15, 0.2) is 0 Å². The fraction of sp³-hybridized carbons (Fsp3) is 0.473. The number of nitrogens with one attached hydrogen (secondary N) is 2. The highest BCUT2D eigenvalue weighted by Gasteiger charge is 2.43. The Hall–Kier alpha value is -5.57. The first kappa shape index (κ1) is 45.0. The minimum Gasteiger partial charge on any atom is -0.337 e. The number of amides is 2. The minimum atomic E-state index is -0.338. The Morgan fingerprint density at radius 1 is 0.500 bits per heavy atom. The summed E-state index contributed by atoms with van der Waals surface area (Å²) in [4.78, 5) is 66.5. The van der Waals surface area contributed by atoms with Gasteiger partial charge in [0.1, 0.15) is 17.2 Å². The summed E-state index contributed by atoms with van der Waals surface area (Å²) in [6, 6.07) is 19.5. The van der Waals surface area contributed by atoms with Crippen LogP contribution in [0.1, 0.15) is 183 Å². The summed E-state index contributed by atoms with van der Waals surface area (Å²) in [5, 5.41) is 2.78. The van der Waals surface area contributed by atoms with Crippen LogP contribution in [-0.2, 0) is 0 Å². The lowest BCUT2D eigenvalue weighted by molar-refractivity contribution is 0.0519. The summed E-state index contributed by atoms with van der Waals surface area (Å²) in [6.07, 6.45) is 20.3. The number of aromatic amines is 2. The van der Waals surface area contributed by atoms with Crippen LogP contribution in [0.3, 0.4) is 0 Å². The number of benzene rings is 4. The maximum atomic E-state index is 15.8. The number of imide groups is 1. The van der Waals surface area contributed by atoms with E-state index in [0.29, 0.717) is 71.7 Å². The summed E-state index contributed by atoms with van der Waals surface area (Å²) in [7, 11) is 0. The third-order valence-corrected chi connectivity index (χ3v) is 13.9. The number of carbonyl (C=O) groups is 2. The summed E-state index contributed by atoms with van der Waals surface area (Å²) >= 11 is 0. The first-order valence-corrected chi connectivity index (χ1v) is 24.8. The molecule has 4 heterocycles. The molecule has 0 bridgehead atoms. The zero-order valence-corrected chi connectivity index (χ0v) is 38.8. The number of unbranched alkanes of at least 4 members (excludes halogenated alkanes) is 12. The van der Waals surface area contributed by atoms with Crippen molar-refractivity contribution in [3.63, 3.8) is 0 Å². The number of H-pyrrole nitrogens is 2. The number of hydrogen-bond acceptors (Lipinski definition) is 5. The second kappa shape index (κ2) is 20.5. The summed E-state index contributed by atoms with van der Waals surface area (Å²) in [5.74, 6) is 0.524. The number of rotatable bonds is 24. The minimum absolute atomic E-state index is 0.0850. The number of fused-ring (bicyclic) bond motifs is 6. The summed E-state index contributed by atoms with van der Waals surface area (Å²) in [5.41, 5.74) is 4.45. The molecule has 64 heavy (non-hydrogen) atoms. The average Bonchev–Trinajstić information content (AvgIpc) is 3.96. The fourth-order valence-corrected chi connectivity index (χ4v) is 10.5. The number of carbonyl (C=O) groups excluding carboxylic acids is 2. The number of pyridine rings is 1. The molecule has 3 aromatic heterocycles. The van der Waals surface area contributed by atoms with E-state index in [1.165, 1.54) is 0 Å². The Morgan fingerprint density at radius 2 is 0.953 bits per heavy atom. The molecule has 8 rings (SSSR count). The quantitative estimate of drug-likeness (QED) is 0.0464. The van der Waals surface area contributed by atoms with Gasteiger partial charge in [-0.25, -0.2) is 9.97 Å². The molecule has 4 aromatic carbocycles. The first-order valence-electron chi connectivity index (χ1n) is 24.8. The number of hydrogen-bond donors (Lipinski definition) is 2. The van der Waals surface area contributed by atoms with Crippen LogP contribution in [-0.4, -0.2) is 47.3 Å². The van der Waals surface area contributed by atoms with Crippen LogP contribution in [0.25, 0.3) is 73.0 Å². The van der Waals surface area contributed by atoms with Gasteiger partial charge >= 0.3 is 0 Å². The van der Waals surface area contributed by atoms with Crippen LogP contribution in [0.4, 0.5) is 0 Å². The number of nitrogens with zero attached hydrogens (tertiary/aromatic N) is 4. The molecule has 9 nitrogen and oxygen atoms in total. The van der Waals surface area contributed by atoms with Crippen molar-refractivity contribution in [2.45, 2.75) is 168 Å². The number of aromatic nitrogens is 5. The molecular formula is C55H68N6O3. The Bertz CT molecular complexity index is 2650. The van der Waals surface area contributed by atoms with Crippen molar-refractivity contribution in [3.8, 4) is 22.8 Å². The molecule has 0 aliphatic carbocycles.